The molecule has 0 radical (unpaired) electrons. The molecule has 112 valence electrons. The third-order valence-electron chi connectivity index (χ3n) is 2.83. The lowest BCUT2D eigenvalue weighted by Crippen LogP contribution is -2.29. The highest BCUT2D eigenvalue weighted by Gasteiger charge is 2.20. The van der Waals surface area contributed by atoms with Crippen LogP contribution in [-0.4, -0.2) is 57.5 Å². The van der Waals surface area contributed by atoms with Gasteiger partial charge in [0.2, 0.25) is 11.1 Å². The number of tetrazole rings is 1. The normalized spacial score (nSPS) is 12.0. The van der Waals surface area contributed by atoms with Crippen molar-refractivity contribution in [3.63, 3.8) is 0 Å². The molecule has 0 aliphatic carbocycles. The van der Waals surface area contributed by atoms with Gasteiger partial charge in [0, 0.05) is 14.1 Å². The number of carbonyl (C=O) groups excluding carboxylic acids is 1. The van der Waals surface area contributed by atoms with E-state index >= 15 is 0 Å². The maximum atomic E-state index is 11.9. The molecule has 0 fully saturated rings. The van der Waals surface area contributed by atoms with Crippen LogP contribution in [0.1, 0.15) is 6.92 Å². The van der Waals surface area contributed by atoms with E-state index in [1.807, 2.05) is 31.2 Å². The van der Waals surface area contributed by atoms with E-state index in [-0.39, 0.29) is 11.2 Å². The molecule has 0 N–H and O–H groups in total. The summed E-state index contributed by atoms with van der Waals surface area (Å²) in [6.45, 7) is 1.83. The van der Waals surface area contributed by atoms with Gasteiger partial charge in [-0.25, -0.2) is 0 Å². The fourth-order valence-electron chi connectivity index (χ4n) is 1.71. The Kier molecular flexibility index (Phi) is 4.79. The van der Waals surface area contributed by atoms with Crippen molar-refractivity contribution in [1.82, 2.24) is 25.1 Å². The molecule has 0 aliphatic heterocycles. The predicted octanol–water partition coefficient (Wildman–Crippen LogP) is 1.24. The van der Waals surface area contributed by atoms with Crippen LogP contribution < -0.4 is 4.74 Å². The maximum absolute atomic E-state index is 11.9. The number of methoxy groups -OCH3 is 1. The number of carbonyl (C=O) groups is 1. The van der Waals surface area contributed by atoms with Crippen LogP contribution in [0.2, 0.25) is 0 Å². The van der Waals surface area contributed by atoms with Crippen LogP contribution in [0, 0.1) is 0 Å². The van der Waals surface area contributed by atoms with Crippen LogP contribution >= 0.6 is 11.8 Å². The number of nitrogens with zero attached hydrogens (tertiary/aromatic N) is 5. The zero-order valence-corrected chi connectivity index (χ0v) is 13.2. The molecule has 0 saturated heterocycles. The van der Waals surface area contributed by atoms with Crippen LogP contribution in [0.3, 0.4) is 0 Å². The van der Waals surface area contributed by atoms with Crippen molar-refractivity contribution in [2.75, 3.05) is 21.2 Å². The first kappa shape index (κ1) is 15.3. The number of rotatable bonds is 5. The lowest BCUT2D eigenvalue weighted by Gasteiger charge is -2.15. The Bertz CT molecular complexity index is 611. The van der Waals surface area contributed by atoms with Crippen molar-refractivity contribution in [1.29, 1.82) is 0 Å². The van der Waals surface area contributed by atoms with E-state index in [0.29, 0.717) is 5.16 Å². The summed E-state index contributed by atoms with van der Waals surface area (Å²) in [7, 11) is 5.07. The monoisotopic (exact) mass is 307 g/mol. The van der Waals surface area contributed by atoms with E-state index in [1.54, 1.807) is 30.8 Å². The molecule has 2 aromatic rings. The SMILES string of the molecule is COc1ccc(-n2nnnc2S[C@H](C)C(=O)N(C)C)cc1. The quantitative estimate of drug-likeness (QED) is 0.774. The zero-order valence-electron chi connectivity index (χ0n) is 12.3. The topological polar surface area (TPSA) is 73.1 Å². The molecule has 0 unspecified atom stereocenters. The largest absolute Gasteiger partial charge is 0.497 e. The summed E-state index contributed by atoms with van der Waals surface area (Å²) < 4.78 is 6.72. The molecule has 0 saturated carbocycles. The van der Waals surface area contributed by atoms with Gasteiger partial charge in [0.25, 0.3) is 0 Å². The third kappa shape index (κ3) is 3.52. The van der Waals surface area contributed by atoms with E-state index < -0.39 is 0 Å². The highest BCUT2D eigenvalue weighted by atomic mass is 32.2. The molecule has 0 bridgehead atoms. The Morgan fingerprint density at radius 2 is 2.00 bits per heavy atom. The Balaban J connectivity index is 2.20. The van der Waals surface area contributed by atoms with Crippen molar-refractivity contribution in [3.8, 4) is 11.4 Å². The second-order valence-corrected chi connectivity index (χ2v) is 5.87. The van der Waals surface area contributed by atoms with Crippen molar-refractivity contribution >= 4 is 17.7 Å². The third-order valence-corrected chi connectivity index (χ3v) is 3.85. The van der Waals surface area contributed by atoms with Crippen molar-refractivity contribution < 1.29 is 9.53 Å². The number of amides is 1. The molecular weight excluding hydrogens is 290 g/mol. The van der Waals surface area contributed by atoms with Crippen molar-refractivity contribution in [3.05, 3.63) is 24.3 Å². The van der Waals surface area contributed by atoms with Gasteiger partial charge in [-0.15, -0.1) is 5.10 Å². The summed E-state index contributed by atoms with van der Waals surface area (Å²) in [6.07, 6.45) is 0. The highest BCUT2D eigenvalue weighted by Crippen LogP contribution is 2.24. The molecule has 7 nitrogen and oxygen atoms in total. The Morgan fingerprint density at radius 3 is 2.57 bits per heavy atom. The summed E-state index contributed by atoms with van der Waals surface area (Å²) in [5.41, 5.74) is 0.813. The summed E-state index contributed by atoms with van der Waals surface area (Å²) in [5, 5.41) is 11.9. The first-order chi connectivity index (χ1) is 10.0. The van der Waals surface area contributed by atoms with Gasteiger partial charge in [0.1, 0.15) is 5.75 Å². The minimum absolute atomic E-state index is 0.0179. The highest BCUT2D eigenvalue weighted by molar-refractivity contribution is 8.00. The first-order valence-electron chi connectivity index (χ1n) is 6.33. The second kappa shape index (κ2) is 6.57. The summed E-state index contributed by atoms with van der Waals surface area (Å²) in [6, 6.07) is 7.38. The van der Waals surface area contributed by atoms with E-state index in [4.69, 9.17) is 4.74 Å². The van der Waals surface area contributed by atoms with Crippen LogP contribution in [0.4, 0.5) is 0 Å². The van der Waals surface area contributed by atoms with Crippen LogP contribution in [-0.2, 0) is 4.79 Å². The average Bonchev–Trinajstić information content (AvgIpc) is 2.94. The fourth-order valence-corrected chi connectivity index (χ4v) is 2.66. The van der Waals surface area contributed by atoms with Gasteiger partial charge in [0.05, 0.1) is 18.0 Å². The van der Waals surface area contributed by atoms with Crippen molar-refractivity contribution in [2.24, 2.45) is 0 Å². The minimum atomic E-state index is -0.261. The molecule has 1 heterocycles. The number of benzene rings is 1. The molecule has 8 heteroatoms. The Hall–Kier alpha value is -2.09. The van der Waals surface area contributed by atoms with Gasteiger partial charge in [0.15, 0.2) is 0 Å². The standard InChI is InChI=1S/C13H17N5O2S/c1-9(12(19)17(2)3)21-13-14-15-16-18(13)10-5-7-11(20-4)8-6-10/h5-9H,1-4H3/t9-/m1/s1. The lowest BCUT2D eigenvalue weighted by molar-refractivity contribution is -0.127. The maximum Gasteiger partial charge on any atom is 0.235 e. The van der Waals surface area contributed by atoms with Gasteiger partial charge >= 0.3 is 0 Å². The van der Waals surface area contributed by atoms with Crippen LogP contribution in [0.5, 0.6) is 5.75 Å². The smallest absolute Gasteiger partial charge is 0.235 e. The molecule has 0 spiro atoms. The molecule has 1 amide bonds. The lowest BCUT2D eigenvalue weighted by atomic mass is 10.3. The summed E-state index contributed by atoms with van der Waals surface area (Å²) in [4.78, 5) is 13.5. The first-order valence-corrected chi connectivity index (χ1v) is 7.21. The minimum Gasteiger partial charge on any atom is -0.497 e. The average molecular weight is 307 g/mol. The number of thioether (sulfide) groups is 1. The van der Waals surface area contributed by atoms with Gasteiger partial charge in [-0.2, -0.15) is 4.68 Å². The fraction of sp³-hybridized carbons (Fsp3) is 0.385. The predicted molar refractivity (Wildman–Crippen MR) is 79.7 cm³/mol. The number of ether oxygens (including phenoxy) is 1. The summed E-state index contributed by atoms with van der Waals surface area (Å²) >= 11 is 1.32. The van der Waals surface area contributed by atoms with E-state index in [9.17, 15) is 4.79 Å². The van der Waals surface area contributed by atoms with E-state index in [1.165, 1.54) is 11.8 Å². The van der Waals surface area contributed by atoms with Crippen LogP contribution in [0.25, 0.3) is 5.69 Å². The summed E-state index contributed by atoms with van der Waals surface area (Å²) in [5.74, 6) is 0.779. The molecule has 1 aromatic heterocycles. The molecule has 1 atom stereocenters. The number of hydrogen-bond acceptors (Lipinski definition) is 6. The molecule has 2 rings (SSSR count). The van der Waals surface area contributed by atoms with Crippen molar-refractivity contribution in [2.45, 2.75) is 17.3 Å². The van der Waals surface area contributed by atoms with Gasteiger partial charge in [-0.1, -0.05) is 11.8 Å². The molecular formula is C13H17N5O2S. The Morgan fingerprint density at radius 1 is 1.33 bits per heavy atom. The van der Waals surface area contributed by atoms with Crippen LogP contribution in [0.15, 0.2) is 29.4 Å². The van der Waals surface area contributed by atoms with E-state index in [2.05, 4.69) is 15.5 Å². The molecule has 0 aliphatic rings. The molecule has 1 aromatic carbocycles. The van der Waals surface area contributed by atoms with Gasteiger partial charge < -0.3 is 9.64 Å². The Labute approximate surface area is 127 Å². The van der Waals surface area contributed by atoms with Gasteiger partial charge in [-0.3, -0.25) is 4.79 Å². The second-order valence-electron chi connectivity index (χ2n) is 4.56. The van der Waals surface area contributed by atoms with Gasteiger partial charge in [-0.05, 0) is 41.6 Å². The number of aromatic nitrogens is 4. The van der Waals surface area contributed by atoms with E-state index in [0.717, 1.165) is 11.4 Å². The molecule has 21 heavy (non-hydrogen) atoms. The number of hydrogen-bond donors (Lipinski definition) is 0. The zero-order chi connectivity index (χ0) is 15.4.